The lowest BCUT2D eigenvalue weighted by atomic mass is 9.96. The molecular weight excluding hydrogens is 478 g/mol. The molecule has 0 spiro atoms. The lowest BCUT2D eigenvalue weighted by Gasteiger charge is -2.27. The standard InChI is InChI=1S/C32H31NO5/c34-27(21-37-31-9-5-4-8-29(31)23-6-2-1-3-7-23)19-33-20-28-16-14-26-18-25(15-17-30(26)38-28)22-10-12-24(13-11-22)32(35)36/h1-13,15,17-18,27-28,33-34H,14,16,19-21H2,(H,35,36). The largest absolute Gasteiger partial charge is 0.490 e. The zero-order valence-corrected chi connectivity index (χ0v) is 21.0. The molecule has 0 saturated carbocycles. The van der Waals surface area contributed by atoms with Gasteiger partial charge in [-0.15, -0.1) is 0 Å². The van der Waals surface area contributed by atoms with Crippen LogP contribution in [-0.4, -0.2) is 48.1 Å². The predicted molar refractivity (Wildman–Crippen MR) is 148 cm³/mol. The van der Waals surface area contributed by atoms with E-state index < -0.39 is 12.1 Å². The summed E-state index contributed by atoms with van der Waals surface area (Å²) in [5.41, 5.74) is 5.52. The van der Waals surface area contributed by atoms with Gasteiger partial charge in [0.2, 0.25) is 0 Å². The van der Waals surface area contributed by atoms with Gasteiger partial charge in [-0.3, -0.25) is 0 Å². The van der Waals surface area contributed by atoms with Gasteiger partial charge in [-0.2, -0.15) is 0 Å². The monoisotopic (exact) mass is 509 g/mol. The number of aliphatic hydroxyl groups excluding tert-OH is 1. The molecule has 6 nitrogen and oxygen atoms in total. The maximum atomic E-state index is 11.1. The SMILES string of the molecule is O=C(O)c1ccc(-c2ccc3c(c2)CCC(CNCC(O)COc2ccccc2-c2ccccc2)O3)cc1. The van der Waals surface area contributed by atoms with E-state index >= 15 is 0 Å². The Hall–Kier alpha value is -4.13. The summed E-state index contributed by atoms with van der Waals surface area (Å²) in [6.45, 7) is 1.24. The van der Waals surface area contributed by atoms with Crippen LogP contribution in [0.1, 0.15) is 22.3 Å². The highest BCUT2D eigenvalue weighted by atomic mass is 16.5. The highest BCUT2D eigenvalue weighted by molar-refractivity contribution is 5.88. The first kappa shape index (κ1) is 25.5. The number of carboxylic acid groups (broad SMARTS) is 1. The quantitative estimate of drug-likeness (QED) is 0.264. The first-order valence-corrected chi connectivity index (χ1v) is 12.9. The first-order valence-electron chi connectivity index (χ1n) is 12.9. The molecule has 4 aromatic carbocycles. The molecule has 0 aromatic heterocycles. The van der Waals surface area contributed by atoms with Gasteiger partial charge in [-0.1, -0.05) is 66.7 Å². The van der Waals surface area contributed by atoms with Gasteiger partial charge in [-0.25, -0.2) is 4.79 Å². The van der Waals surface area contributed by atoms with E-state index in [1.165, 1.54) is 0 Å². The van der Waals surface area contributed by atoms with E-state index in [9.17, 15) is 9.90 Å². The van der Waals surface area contributed by atoms with Gasteiger partial charge >= 0.3 is 5.97 Å². The van der Waals surface area contributed by atoms with Crippen LogP contribution >= 0.6 is 0 Å². The van der Waals surface area contributed by atoms with Crippen molar-refractivity contribution in [3.8, 4) is 33.8 Å². The number of ether oxygens (including phenoxy) is 2. The Morgan fingerprint density at radius 3 is 2.45 bits per heavy atom. The smallest absolute Gasteiger partial charge is 0.335 e. The van der Waals surface area contributed by atoms with Crippen molar-refractivity contribution in [1.29, 1.82) is 0 Å². The zero-order valence-electron chi connectivity index (χ0n) is 21.0. The number of para-hydroxylation sites is 1. The van der Waals surface area contributed by atoms with E-state index in [0.717, 1.165) is 52.2 Å². The summed E-state index contributed by atoms with van der Waals surface area (Å²) in [5.74, 6) is 0.695. The van der Waals surface area contributed by atoms with Gasteiger partial charge in [-0.05, 0) is 65.4 Å². The van der Waals surface area contributed by atoms with E-state index in [0.29, 0.717) is 13.1 Å². The van der Waals surface area contributed by atoms with Crippen molar-refractivity contribution in [2.45, 2.75) is 25.0 Å². The summed E-state index contributed by atoms with van der Waals surface area (Å²) in [4.78, 5) is 11.1. The van der Waals surface area contributed by atoms with Gasteiger partial charge < -0.3 is 25.0 Å². The van der Waals surface area contributed by atoms with Crippen LogP contribution in [0, 0.1) is 0 Å². The Morgan fingerprint density at radius 2 is 1.66 bits per heavy atom. The number of aryl methyl sites for hydroxylation is 1. The van der Waals surface area contributed by atoms with E-state index in [2.05, 4.69) is 11.4 Å². The lowest BCUT2D eigenvalue weighted by molar-refractivity contribution is 0.0697. The van der Waals surface area contributed by atoms with Crippen molar-refractivity contribution < 1.29 is 24.5 Å². The number of fused-ring (bicyclic) bond motifs is 1. The average molecular weight is 510 g/mol. The Bertz CT molecular complexity index is 1370. The van der Waals surface area contributed by atoms with Gasteiger partial charge in [0, 0.05) is 18.7 Å². The van der Waals surface area contributed by atoms with Crippen molar-refractivity contribution in [3.63, 3.8) is 0 Å². The van der Waals surface area contributed by atoms with E-state index in [-0.39, 0.29) is 18.3 Å². The third kappa shape index (κ3) is 6.22. The Balaban J connectivity index is 1.09. The number of hydrogen-bond acceptors (Lipinski definition) is 5. The fourth-order valence-corrected chi connectivity index (χ4v) is 4.68. The molecule has 0 saturated heterocycles. The maximum Gasteiger partial charge on any atom is 0.335 e. The number of benzene rings is 4. The fraction of sp³-hybridized carbons (Fsp3) is 0.219. The van der Waals surface area contributed by atoms with Gasteiger partial charge in [0.1, 0.15) is 30.3 Å². The van der Waals surface area contributed by atoms with Crippen LogP contribution in [-0.2, 0) is 6.42 Å². The first-order chi connectivity index (χ1) is 18.6. The molecule has 1 aliphatic rings. The summed E-state index contributed by atoms with van der Waals surface area (Å²) < 4.78 is 12.2. The van der Waals surface area contributed by atoms with Crippen LogP contribution in [0.5, 0.6) is 11.5 Å². The molecule has 0 aliphatic carbocycles. The number of rotatable bonds is 10. The van der Waals surface area contributed by atoms with Crippen LogP contribution in [0.2, 0.25) is 0 Å². The average Bonchev–Trinajstić information content (AvgIpc) is 2.96. The van der Waals surface area contributed by atoms with Gasteiger partial charge in [0.15, 0.2) is 0 Å². The minimum atomic E-state index is -0.927. The maximum absolute atomic E-state index is 11.1. The molecule has 2 atom stereocenters. The van der Waals surface area contributed by atoms with Gasteiger partial charge in [0.25, 0.3) is 0 Å². The normalized spacial score (nSPS) is 15.2. The molecular formula is C32H31NO5. The third-order valence-electron chi connectivity index (χ3n) is 6.71. The van der Waals surface area contributed by atoms with Crippen molar-refractivity contribution in [2.75, 3.05) is 19.7 Å². The van der Waals surface area contributed by atoms with Crippen LogP contribution in [0.15, 0.2) is 97.1 Å². The van der Waals surface area contributed by atoms with Crippen molar-refractivity contribution in [1.82, 2.24) is 5.32 Å². The van der Waals surface area contributed by atoms with E-state index in [1.54, 1.807) is 12.1 Å². The van der Waals surface area contributed by atoms with Crippen LogP contribution in [0.4, 0.5) is 0 Å². The second-order valence-corrected chi connectivity index (χ2v) is 9.47. The van der Waals surface area contributed by atoms with Crippen molar-refractivity contribution >= 4 is 5.97 Å². The van der Waals surface area contributed by atoms with Crippen molar-refractivity contribution in [3.05, 3.63) is 108 Å². The predicted octanol–water partition coefficient (Wildman–Crippen LogP) is 5.44. The Morgan fingerprint density at radius 1 is 0.921 bits per heavy atom. The molecule has 5 rings (SSSR count). The zero-order chi connectivity index (χ0) is 26.3. The third-order valence-corrected chi connectivity index (χ3v) is 6.71. The van der Waals surface area contributed by atoms with Crippen LogP contribution in [0.3, 0.4) is 0 Å². The summed E-state index contributed by atoms with van der Waals surface area (Å²) in [6.07, 6.45) is 1.14. The molecule has 3 N–H and O–H groups in total. The second-order valence-electron chi connectivity index (χ2n) is 9.47. The van der Waals surface area contributed by atoms with E-state index in [4.69, 9.17) is 14.6 Å². The minimum Gasteiger partial charge on any atom is -0.490 e. The fourth-order valence-electron chi connectivity index (χ4n) is 4.68. The highest BCUT2D eigenvalue weighted by Crippen LogP contribution is 2.32. The van der Waals surface area contributed by atoms with E-state index in [1.807, 2.05) is 78.9 Å². The number of carboxylic acids is 1. The van der Waals surface area contributed by atoms with Crippen LogP contribution < -0.4 is 14.8 Å². The molecule has 0 fully saturated rings. The molecule has 0 amide bonds. The highest BCUT2D eigenvalue weighted by Gasteiger charge is 2.20. The molecule has 194 valence electrons. The molecule has 4 aromatic rings. The number of carbonyl (C=O) groups is 1. The van der Waals surface area contributed by atoms with Crippen molar-refractivity contribution in [2.24, 2.45) is 0 Å². The molecule has 0 radical (unpaired) electrons. The number of aromatic carboxylic acids is 1. The Kier molecular flexibility index (Phi) is 8.02. The minimum absolute atomic E-state index is 0.0233. The number of hydrogen-bond donors (Lipinski definition) is 3. The molecule has 6 heteroatoms. The van der Waals surface area contributed by atoms with Crippen LogP contribution in [0.25, 0.3) is 22.3 Å². The molecule has 38 heavy (non-hydrogen) atoms. The molecule has 0 bridgehead atoms. The second kappa shape index (κ2) is 11.9. The summed E-state index contributed by atoms with van der Waals surface area (Å²) >= 11 is 0. The number of nitrogens with one attached hydrogen (secondary N) is 1. The molecule has 2 unspecified atom stereocenters. The molecule has 1 aliphatic heterocycles. The summed E-state index contributed by atoms with van der Waals surface area (Å²) in [7, 11) is 0. The molecule has 1 heterocycles. The topological polar surface area (TPSA) is 88.0 Å². The van der Waals surface area contributed by atoms with Gasteiger partial charge in [0.05, 0.1) is 5.56 Å². The summed E-state index contributed by atoms with van der Waals surface area (Å²) in [6, 6.07) is 30.9. The lowest BCUT2D eigenvalue weighted by Crippen LogP contribution is -2.39. The Labute approximate surface area is 222 Å². The number of aliphatic hydroxyl groups is 1. The summed E-state index contributed by atoms with van der Waals surface area (Å²) in [5, 5.41) is 22.9.